The molecule has 5 amide bonds. The van der Waals surface area contributed by atoms with Crippen molar-refractivity contribution in [1.82, 2.24) is 26.2 Å². The molecule has 0 aromatic heterocycles. The van der Waals surface area contributed by atoms with Crippen LogP contribution in [0.5, 0.6) is 0 Å². The van der Waals surface area contributed by atoms with E-state index in [-0.39, 0.29) is 43.6 Å². The van der Waals surface area contributed by atoms with Crippen molar-refractivity contribution in [3.8, 4) is 0 Å². The number of nitrogens with one attached hydrogen (secondary N) is 4. The highest BCUT2D eigenvalue weighted by Crippen LogP contribution is 2.21. The fraction of sp³-hybridized carbons (Fsp3) is 0.588. The van der Waals surface area contributed by atoms with Gasteiger partial charge in [-0.1, -0.05) is 25.5 Å². The summed E-state index contributed by atoms with van der Waals surface area (Å²) in [4.78, 5) is 96.8. The molecule has 18 nitrogen and oxygen atoms in total. The van der Waals surface area contributed by atoms with E-state index in [1.807, 2.05) is 0 Å². The number of carbonyl (C=O) groups excluding carboxylic acids is 7. The largest absolute Gasteiger partial charge is 0.511 e. The predicted octanol–water partition coefficient (Wildman–Crippen LogP) is 0.0716. The first-order valence-electron chi connectivity index (χ1n) is 17.4. The van der Waals surface area contributed by atoms with Crippen molar-refractivity contribution in [2.45, 2.75) is 109 Å². The number of hydrogen-bond donors (Lipinski definition) is 6. The van der Waals surface area contributed by atoms with Gasteiger partial charge in [-0.2, -0.15) is 0 Å². The second kappa shape index (κ2) is 20.4. The number of carbonyl (C=O) groups is 7. The minimum Gasteiger partial charge on any atom is -0.431 e. The van der Waals surface area contributed by atoms with Gasteiger partial charge >= 0.3 is 12.1 Å². The number of ether oxygens (including phenoxy) is 3. The first-order valence-corrected chi connectivity index (χ1v) is 17.4. The van der Waals surface area contributed by atoms with Crippen LogP contribution in [0.2, 0.25) is 0 Å². The van der Waals surface area contributed by atoms with Crippen molar-refractivity contribution in [2.24, 2.45) is 16.5 Å². The zero-order valence-corrected chi connectivity index (χ0v) is 29.8. The van der Waals surface area contributed by atoms with Crippen molar-refractivity contribution in [1.29, 1.82) is 0 Å². The van der Waals surface area contributed by atoms with Gasteiger partial charge in [0.05, 0.1) is 13.0 Å². The van der Waals surface area contributed by atoms with Crippen LogP contribution in [0.1, 0.15) is 87.6 Å². The second-order valence-corrected chi connectivity index (χ2v) is 12.6. The van der Waals surface area contributed by atoms with E-state index in [4.69, 9.17) is 25.7 Å². The molecule has 286 valence electrons. The zero-order valence-electron chi connectivity index (χ0n) is 29.8. The molecular formula is C34H50N8O10. The summed E-state index contributed by atoms with van der Waals surface area (Å²) in [7, 11) is 1.41. The van der Waals surface area contributed by atoms with E-state index in [0.717, 1.165) is 19.3 Å². The summed E-state index contributed by atoms with van der Waals surface area (Å²) in [5, 5.41) is 10.2. The van der Waals surface area contributed by atoms with Crippen LogP contribution < -0.4 is 32.7 Å². The summed E-state index contributed by atoms with van der Waals surface area (Å²) in [5.74, 6) is -4.50. The minimum absolute atomic E-state index is 0.0922. The molecule has 4 atom stereocenters. The maximum atomic E-state index is 13.6. The van der Waals surface area contributed by atoms with E-state index < -0.39 is 79.0 Å². The van der Waals surface area contributed by atoms with Crippen LogP contribution >= 0.6 is 0 Å². The van der Waals surface area contributed by atoms with Gasteiger partial charge in [-0.25, -0.2) is 4.79 Å². The molecule has 1 fully saturated rings. The fourth-order valence-corrected chi connectivity index (χ4v) is 5.75. The maximum Gasteiger partial charge on any atom is 0.511 e. The van der Waals surface area contributed by atoms with Crippen LogP contribution in [0.3, 0.4) is 0 Å². The molecular weight excluding hydrogens is 680 g/mol. The van der Waals surface area contributed by atoms with Crippen molar-refractivity contribution in [3.63, 3.8) is 0 Å². The molecule has 0 radical (unpaired) electrons. The number of fused-ring (bicyclic) bond motifs is 2. The summed E-state index contributed by atoms with van der Waals surface area (Å²) in [6.07, 6.45) is 1.67. The highest BCUT2D eigenvalue weighted by Gasteiger charge is 2.33. The Morgan fingerprint density at radius 2 is 1.67 bits per heavy atom. The molecule has 2 aliphatic rings. The van der Waals surface area contributed by atoms with Crippen molar-refractivity contribution in [3.05, 3.63) is 35.4 Å². The number of aliphatic imine (C=N–C) groups is 1. The summed E-state index contributed by atoms with van der Waals surface area (Å²) in [5.41, 5.74) is 11.5. The second-order valence-electron chi connectivity index (χ2n) is 12.6. The van der Waals surface area contributed by atoms with E-state index in [1.54, 1.807) is 19.1 Å². The van der Waals surface area contributed by atoms with E-state index in [1.165, 1.54) is 31.0 Å². The number of nitrogens with two attached hydrogens (primary N) is 2. The third-order valence-electron chi connectivity index (χ3n) is 8.54. The summed E-state index contributed by atoms with van der Waals surface area (Å²) >= 11 is 0. The normalized spacial score (nSPS) is 21.6. The van der Waals surface area contributed by atoms with Crippen LogP contribution in [-0.4, -0.2) is 103 Å². The molecule has 2 bridgehead atoms. The lowest BCUT2D eigenvalue weighted by Gasteiger charge is -2.30. The quantitative estimate of drug-likeness (QED) is 0.0615. The molecule has 3 rings (SSSR count). The Bertz CT molecular complexity index is 1480. The molecule has 8 N–H and O–H groups in total. The van der Waals surface area contributed by atoms with Gasteiger partial charge in [0.25, 0.3) is 5.91 Å². The number of esters is 1. The average Bonchev–Trinajstić information content (AvgIpc) is 3.10. The lowest BCUT2D eigenvalue weighted by molar-refractivity contribution is -0.170. The van der Waals surface area contributed by atoms with Gasteiger partial charge in [0.2, 0.25) is 29.9 Å². The Balaban J connectivity index is 1.79. The SMILES string of the molecule is CC[C@H]1NC(=O)c2cccc(c2)CNC(=O)[C@H](CC(=O)OC(C)OC(=O)OC2CCCCC2)NC(=O)CNC(=O)[C@H](CCCN=C(N)N)N(C)C1=O. The van der Waals surface area contributed by atoms with Crippen molar-refractivity contribution >= 4 is 47.6 Å². The number of likely N-dealkylation sites (N-methyl/N-ethyl adjacent to an activating group) is 1. The van der Waals surface area contributed by atoms with Gasteiger partial charge in [0, 0.05) is 32.6 Å². The Labute approximate surface area is 302 Å². The molecule has 1 aromatic carbocycles. The minimum atomic E-state index is -1.48. The smallest absolute Gasteiger partial charge is 0.431 e. The molecule has 1 aliphatic carbocycles. The van der Waals surface area contributed by atoms with E-state index in [9.17, 15) is 33.6 Å². The lowest BCUT2D eigenvalue weighted by Crippen LogP contribution is -2.56. The van der Waals surface area contributed by atoms with Gasteiger partial charge in [0.15, 0.2) is 5.96 Å². The van der Waals surface area contributed by atoms with Gasteiger partial charge in [0.1, 0.15) is 24.2 Å². The van der Waals surface area contributed by atoms with Crippen LogP contribution in [0.15, 0.2) is 29.3 Å². The Kier molecular flexibility index (Phi) is 16.1. The number of amides is 5. The Morgan fingerprint density at radius 3 is 2.37 bits per heavy atom. The van der Waals surface area contributed by atoms with Crippen LogP contribution in [-0.2, 0) is 44.7 Å². The van der Waals surface area contributed by atoms with E-state index in [0.29, 0.717) is 24.8 Å². The van der Waals surface area contributed by atoms with Gasteiger partial charge in [-0.3, -0.25) is 33.8 Å². The number of nitrogens with zero attached hydrogens (tertiary/aromatic N) is 2. The van der Waals surface area contributed by atoms with E-state index in [2.05, 4.69) is 26.3 Å². The number of hydrogen-bond acceptors (Lipinski definition) is 11. The molecule has 18 heteroatoms. The molecule has 0 saturated heterocycles. The predicted molar refractivity (Wildman–Crippen MR) is 186 cm³/mol. The van der Waals surface area contributed by atoms with Crippen LogP contribution in [0.4, 0.5) is 4.79 Å². The third-order valence-corrected chi connectivity index (χ3v) is 8.54. The number of benzene rings is 1. The summed E-state index contributed by atoms with van der Waals surface area (Å²) < 4.78 is 15.5. The molecule has 1 aromatic rings. The van der Waals surface area contributed by atoms with Gasteiger partial charge < -0.3 is 51.8 Å². The molecule has 0 spiro atoms. The highest BCUT2D eigenvalue weighted by atomic mass is 16.8. The third kappa shape index (κ3) is 13.4. The first kappa shape index (κ1) is 41.0. The van der Waals surface area contributed by atoms with Crippen LogP contribution in [0.25, 0.3) is 0 Å². The molecule has 1 saturated carbocycles. The number of rotatable bonds is 10. The fourth-order valence-electron chi connectivity index (χ4n) is 5.75. The summed E-state index contributed by atoms with van der Waals surface area (Å²) in [6, 6.07) is 2.75. The molecule has 52 heavy (non-hydrogen) atoms. The van der Waals surface area contributed by atoms with Gasteiger partial charge in [-0.15, -0.1) is 0 Å². The molecule has 1 unspecified atom stereocenters. The highest BCUT2D eigenvalue weighted by molar-refractivity contribution is 5.99. The van der Waals surface area contributed by atoms with Crippen molar-refractivity contribution in [2.75, 3.05) is 20.1 Å². The monoisotopic (exact) mass is 730 g/mol. The van der Waals surface area contributed by atoms with Gasteiger partial charge in [-0.05, 0) is 62.6 Å². The lowest BCUT2D eigenvalue weighted by atomic mass is 9.98. The molecule has 1 aliphatic heterocycles. The average molecular weight is 731 g/mol. The standard InChI is InChI=1S/C34H50N8O10/c1-4-24-32(48)42(3)26(14-9-15-37-33(35)36)31(47)39-19-27(43)40-25(30(46)38-18-21-10-8-11-22(16-21)29(45)41-24)17-28(44)50-20(2)51-34(49)52-23-12-6-5-7-13-23/h8,10-11,16,20,23-26H,4-7,9,12-15,17-19H2,1-3H3,(H,38,46)(H,39,47)(H,40,43)(H,41,45)(H4,35,36,37)/t20?,24-,25+,26+/m1/s1. The van der Waals surface area contributed by atoms with Crippen LogP contribution in [0, 0.1) is 0 Å². The molecule has 1 heterocycles. The Hall–Kier alpha value is -5.42. The maximum absolute atomic E-state index is 13.6. The Morgan fingerprint density at radius 1 is 0.962 bits per heavy atom. The zero-order chi connectivity index (χ0) is 38.2. The van der Waals surface area contributed by atoms with E-state index >= 15 is 0 Å². The van der Waals surface area contributed by atoms with Crippen molar-refractivity contribution < 1.29 is 47.8 Å². The number of guanidine groups is 1. The summed E-state index contributed by atoms with van der Waals surface area (Å²) in [6.45, 7) is 2.47. The first-order chi connectivity index (χ1) is 24.8. The topological polar surface area (TPSA) is 263 Å².